The SMILES string of the molecule is O=C(Nc1nc2cc3c(cc2s1)OCO3)C1CCCC1. The molecule has 1 N–H and O–H groups in total. The van der Waals surface area contributed by atoms with Crippen LogP contribution in [0.25, 0.3) is 10.2 Å². The summed E-state index contributed by atoms with van der Waals surface area (Å²) in [7, 11) is 0. The minimum absolute atomic E-state index is 0.0987. The highest BCUT2D eigenvalue weighted by Crippen LogP contribution is 2.39. The first kappa shape index (κ1) is 12.0. The second-order valence-corrected chi connectivity index (χ2v) is 6.19. The number of nitrogens with zero attached hydrogens (tertiary/aromatic N) is 1. The number of hydrogen-bond donors (Lipinski definition) is 1. The van der Waals surface area contributed by atoms with Gasteiger partial charge in [-0.1, -0.05) is 24.2 Å². The number of benzene rings is 1. The minimum Gasteiger partial charge on any atom is -0.454 e. The van der Waals surface area contributed by atoms with E-state index in [1.165, 1.54) is 11.3 Å². The van der Waals surface area contributed by atoms with Crippen LogP contribution >= 0.6 is 11.3 Å². The lowest BCUT2D eigenvalue weighted by Gasteiger charge is -2.06. The number of anilines is 1. The molecule has 104 valence electrons. The molecule has 0 radical (unpaired) electrons. The summed E-state index contributed by atoms with van der Waals surface area (Å²) in [5.41, 5.74) is 0.834. The summed E-state index contributed by atoms with van der Waals surface area (Å²) in [5.74, 6) is 1.71. The van der Waals surface area contributed by atoms with Crippen LogP contribution in [0.1, 0.15) is 25.7 Å². The molecule has 2 heterocycles. The van der Waals surface area contributed by atoms with Gasteiger partial charge in [-0.15, -0.1) is 0 Å². The van der Waals surface area contributed by atoms with Crippen LogP contribution in [0.4, 0.5) is 5.13 Å². The molecule has 6 heteroatoms. The Kier molecular flexibility index (Phi) is 2.77. The van der Waals surface area contributed by atoms with Gasteiger partial charge in [0.2, 0.25) is 12.7 Å². The Bertz CT molecular complexity index is 635. The van der Waals surface area contributed by atoms with Gasteiger partial charge in [-0.05, 0) is 12.8 Å². The molecule has 1 saturated carbocycles. The number of nitrogens with one attached hydrogen (secondary N) is 1. The van der Waals surface area contributed by atoms with Crippen LogP contribution in [0.3, 0.4) is 0 Å². The number of carbonyl (C=O) groups is 1. The molecule has 4 rings (SSSR count). The van der Waals surface area contributed by atoms with Gasteiger partial charge in [0.1, 0.15) is 0 Å². The average molecular weight is 290 g/mol. The molecule has 1 fully saturated rings. The molecule has 0 saturated heterocycles. The van der Waals surface area contributed by atoms with Crippen molar-refractivity contribution in [1.29, 1.82) is 0 Å². The quantitative estimate of drug-likeness (QED) is 0.923. The maximum atomic E-state index is 12.1. The zero-order chi connectivity index (χ0) is 13.5. The third kappa shape index (κ3) is 2.00. The summed E-state index contributed by atoms with van der Waals surface area (Å²) < 4.78 is 11.7. The van der Waals surface area contributed by atoms with Crippen LogP contribution in [0.5, 0.6) is 11.5 Å². The van der Waals surface area contributed by atoms with Gasteiger partial charge < -0.3 is 14.8 Å². The van der Waals surface area contributed by atoms with Crippen molar-refractivity contribution in [2.75, 3.05) is 12.1 Å². The van der Waals surface area contributed by atoms with E-state index in [1.807, 2.05) is 12.1 Å². The molecular formula is C14H14N2O3S. The van der Waals surface area contributed by atoms with Crippen molar-refractivity contribution in [3.63, 3.8) is 0 Å². The molecule has 1 aromatic heterocycles. The zero-order valence-corrected chi connectivity index (χ0v) is 11.7. The summed E-state index contributed by atoms with van der Waals surface area (Å²) in [6.45, 7) is 0.262. The van der Waals surface area contributed by atoms with Gasteiger partial charge in [0, 0.05) is 18.1 Å². The number of amides is 1. The second kappa shape index (κ2) is 4.63. The Balaban J connectivity index is 1.59. The fourth-order valence-electron chi connectivity index (χ4n) is 2.77. The van der Waals surface area contributed by atoms with E-state index in [0.29, 0.717) is 5.13 Å². The van der Waals surface area contributed by atoms with Gasteiger partial charge in [-0.25, -0.2) is 4.98 Å². The van der Waals surface area contributed by atoms with Crippen LogP contribution in [0.2, 0.25) is 0 Å². The van der Waals surface area contributed by atoms with Crippen LogP contribution in [0, 0.1) is 5.92 Å². The standard InChI is InChI=1S/C14H14N2O3S/c17-13(8-3-1-2-4-8)16-14-15-9-5-10-11(19-7-18-10)6-12(9)20-14/h5-6,8H,1-4,7H2,(H,15,16,17). The van der Waals surface area contributed by atoms with Crippen LogP contribution in [-0.4, -0.2) is 17.7 Å². The van der Waals surface area contributed by atoms with E-state index >= 15 is 0 Å². The molecule has 2 aromatic rings. The number of aromatic nitrogens is 1. The van der Waals surface area contributed by atoms with Gasteiger partial charge in [0.25, 0.3) is 0 Å². The van der Waals surface area contributed by atoms with Crippen molar-refractivity contribution < 1.29 is 14.3 Å². The predicted octanol–water partition coefficient (Wildman–Crippen LogP) is 3.15. The third-order valence-corrected chi connectivity index (χ3v) is 4.77. The van der Waals surface area contributed by atoms with Crippen molar-refractivity contribution in [3.8, 4) is 11.5 Å². The Hall–Kier alpha value is -1.82. The van der Waals surface area contributed by atoms with E-state index in [9.17, 15) is 4.79 Å². The molecule has 0 atom stereocenters. The van der Waals surface area contributed by atoms with E-state index in [-0.39, 0.29) is 18.6 Å². The monoisotopic (exact) mass is 290 g/mol. The lowest BCUT2D eigenvalue weighted by atomic mass is 10.1. The van der Waals surface area contributed by atoms with E-state index in [4.69, 9.17) is 9.47 Å². The van der Waals surface area contributed by atoms with E-state index in [0.717, 1.165) is 47.4 Å². The zero-order valence-electron chi connectivity index (χ0n) is 10.8. The van der Waals surface area contributed by atoms with Crippen molar-refractivity contribution in [1.82, 2.24) is 4.98 Å². The number of thiazole rings is 1. The van der Waals surface area contributed by atoms with Gasteiger partial charge in [-0.2, -0.15) is 0 Å². The topological polar surface area (TPSA) is 60.5 Å². The first-order valence-electron chi connectivity index (χ1n) is 6.81. The number of carbonyl (C=O) groups excluding carboxylic acids is 1. The summed E-state index contributed by atoms with van der Waals surface area (Å²) in [5, 5.41) is 3.59. The van der Waals surface area contributed by atoms with Crippen molar-refractivity contribution in [2.24, 2.45) is 5.92 Å². The van der Waals surface area contributed by atoms with Gasteiger partial charge in [-0.3, -0.25) is 4.79 Å². The number of hydrogen-bond acceptors (Lipinski definition) is 5. The summed E-state index contributed by atoms with van der Waals surface area (Å²) >= 11 is 1.47. The fourth-order valence-corrected chi connectivity index (χ4v) is 3.65. The third-order valence-electron chi connectivity index (χ3n) is 3.84. The minimum atomic E-state index is 0.0987. The summed E-state index contributed by atoms with van der Waals surface area (Å²) in [6.07, 6.45) is 4.29. The molecule has 5 nitrogen and oxygen atoms in total. The fraction of sp³-hybridized carbons (Fsp3) is 0.429. The normalized spacial score (nSPS) is 17.8. The summed E-state index contributed by atoms with van der Waals surface area (Å²) in [4.78, 5) is 16.6. The highest BCUT2D eigenvalue weighted by molar-refractivity contribution is 7.22. The van der Waals surface area contributed by atoms with Gasteiger partial charge in [0.15, 0.2) is 16.6 Å². The molecular weight excluding hydrogens is 276 g/mol. The molecule has 1 aliphatic carbocycles. The van der Waals surface area contributed by atoms with E-state index < -0.39 is 0 Å². The maximum Gasteiger partial charge on any atom is 0.231 e. The molecule has 0 spiro atoms. The van der Waals surface area contributed by atoms with Gasteiger partial charge >= 0.3 is 0 Å². The van der Waals surface area contributed by atoms with Gasteiger partial charge in [0.05, 0.1) is 10.2 Å². The molecule has 1 aromatic carbocycles. The molecule has 0 unspecified atom stereocenters. The number of rotatable bonds is 2. The first-order valence-corrected chi connectivity index (χ1v) is 7.62. The Morgan fingerprint density at radius 1 is 1.25 bits per heavy atom. The molecule has 0 bridgehead atoms. The largest absolute Gasteiger partial charge is 0.454 e. The molecule has 1 amide bonds. The molecule has 1 aliphatic heterocycles. The van der Waals surface area contributed by atoms with Crippen molar-refractivity contribution in [2.45, 2.75) is 25.7 Å². The average Bonchev–Trinajstić information content (AvgIpc) is 3.15. The Morgan fingerprint density at radius 3 is 2.80 bits per heavy atom. The molecule has 2 aliphatic rings. The lowest BCUT2D eigenvalue weighted by Crippen LogP contribution is -2.19. The van der Waals surface area contributed by atoms with Crippen molar-refractivity contribution >= 4 is 32.6 Å². The highest BCUT2D eigenvalue weighted by atomic mass is 32.1. The maximum absolute atomic E-state index is 12.1. The summed E-state index contributed by atoms with van der Waals surface area (Å²) in [6, 6.07) is 3.78. The van der Waals surface area contributed by atoms with E-state index in [2.05, 4.69) is 10.3 Å². The smallest absolute Gasteiger partial charge is 0.231 e. The van der Waals surface area contributed by atoms with Crippen LogP contribution in [-0.2, 0) is 4.79 Å². The lowest BCUT2D eigenvalue weighted by molar-refractivity contribution is -0.119. The predicted molar refractivity (Wildman–Crippen MR) is 76.3 cm³/mol. The first-order chi connectivity index (χ1) is 9.79. The molecule has 20 heavy (non-hydrogen) atoms. The number of ether oxygens (including phenoxy) is 2. The van der Waals surface area contributed by atoms with E-state index in [1.54, 1.807) is 0 Å². The Labute approximate surface area is 119 Å². The highest BCUT2D eigenvalue weighted by Gasteiger charge is 2.24. The Morgan fingerprint density at radius 2 is 2.00 bits per heavy atom. The second-order valence-electron chi connectivity index (χ2n) is 5.16. The van der Waals surface area contributed by atoms with Crippen molar-refractivity contribution in [3.05, 3.63) is 12.1 Å². The van der Waals surface area contributed by atoms with Crippen LogP contribution < -0.4 is 14.8 Å². The van der Waals surface area contributed by atoms with Crippen LogP contribution in [0.15, 0.2) is 12.1 Å². The number of fused-ring (bicyclic) bond motifs is 2.